The zero-order valence-corrected chi connectivity index (χ0v) is 19.2. The van der Waals surface area contributed by atoms with Gasteiger partial charge in [0.1, 0.15) is 12.4 Å². The highest BCUT2D eigenvalue weighted by Crippen LogP contribution is 2.24. The Morgan fingerprint density at radius 3 is 2.38 bits per heavy atom. The summed E-state index contributed by atoms with van der Waals surface area (Å²) in [5, 5.41) is 2.78. The number of carbonyl (C=O) groups excluding carboxylic acids is 1. The van der Waals surface area contributed by atoms with Gasteiger partial charge in [0.05, 0.1) is 16.7 Å². The highest BCUT2D eigenvalue weighted by atomic mass is 32.2. The maximum atomic E-state index is 13.3. The van der Waals surface area contributed by atoms with Crippen LogP contribution >= 0.6 is 0 Å². The Morgan fingerprint density at radius 2 is 1.72 bits per heavy atom. The van der Waals surface area contributed by atoms with Crippen LogP contribution in [0.1, 0.15) is 44.1 Å². The molecule has 3 rings (SSSR count). The smallest absolute Gasteiger partial charge is 0.264 e. The van der Waals surface area contributed by atoms with Gasteiger partial charge in [0.15, 0.2) is 0 Å². The van der Waals surface area contributed by atoms with Crippen LogP contribution in [0.3, 0.4) is 0 Å². The zero-order chi connectivity index (χ0) is 23.0. The monoisotopic (exact) mass is 462 g/mol. The standard InChI is InChI=1S/C24H31FN2O4S/c1-19-8-12-21(13-9-19)27(32(29,30)23-14-10-20(25)11-15-23)18-24(28)26-16-5-17-31-22-6-3-2-4-7-22/h8-15,22H,2-7,16-18H2,1H3,(H,26,28). The second-order valence-corrected chi connectivity index (χ2v) is 10.00. The van der Waals surface area contributed by atoms with Gasteiger partial charge in [-0.1, -0.05) is 37.0 Å². The molecule has 174 valence electrons. The van der Waals surface area contributed by atoms with E-state index < -0.39 is 21.7 Å². The lowest BCUT2D eigenvalue weighted by Gasteiger charge is -2.24. The number of rotatable bonds is 10. The highest BCUT2D eigenvalue weighted by Gasteiger charge is 2.27. The Hall–Kier alpha value is -2.45. The fourth-order valence-corrected chi connectivity index (χ4v) is 5.15. The van der Waals surface area contributed by atoms with Gasteiger partial charge in [-0.05, 0) is 62.6 Å². The number of halogens is 1. The zero-order valence-electron chi connectivity index (χ0n) is 18.4. The number of hydrogen-bond acceptors (Lipinski definition) is 4. The fraction of sp³-hybridized carbons (Fsp3) is 0.458. The van der Waals surface area contributed by atoms with Gasteiger partial charge in [-0.3, -0.25) is 9.10 Å². The Morgan fingerprint density at radius 1 is 1.06 bits per heavy atom. The normalized spacial score (nSPS) is 14.8. The van der Waals surface area contributed by atoms with Crippen LogP contribution in [-0.2, 0) is 19.6 Å². The molecule has 1 amide bonds. The summed E-state index contributed by atoms with van der Waals surface area (Å²) < 4.78 is 46.6. The largest absolute Gasteiger partial charge is 0.378 e. The van der Waals surface area contributed by atoms with Gasteiger partial charge in [-0.25, -0.2) is 12.8 Å². The molecule has 1 N–H and O–H groups in total. The van der Waals surface area contributed by atoms with E-state index in [4.69, 9.17) is 4.74 Å². The number of sulfonamides is 1. The molecular formula is C24H31FN2O4S. The van der Waals surface area contributed by atoms with Gasteiger partial charge in [0.2, 0.25) is 5.91 Å². The van der Waals surface area contributed by atoms with Crippen LogP contribution < -0.4 is 9.62 Å². The van der Waals surface area contributed by atoms with Gasteiger partial charge in [0, 0.05) is 13.2 Å². The average Bonchev–Trinajstić information content (AvgIpc) is 2.79. The van der Waals surface area contributed by atoms with Crippen LogP contribution in [-0.4, -0.2) is 40.1 Å². The number of benzene rings is 2. The van der Waals surface area contributed by atoms with E-state index in [1.807, 2.05) is 6.92 Å². The van der Waals surface area contributed by atoms with Crippen LogP contribution in [0.2, 0.25) is 0 Å². The second-order valence-electron chi connectivity index (χ2n) is 8.14. The molecule has 6 nitrogen and oxygen atoms in total. The van der Waals surface area contributed by atoms with Crippen LogP contribution in [0.4, 0.5) is 10.1 Å². The van der Waals surface area contributed by atoms with E-state index in [0.717, 1.165) is 34.8 Å². The second kappa shape index (κ2) is 11.4. The van der Waals surface area contributed by atoms with E-state index in [0.29, 0.717) is 31.4 Å². The first kappa shape index (κ1) is 24.2. The van der Waals surface area contributed by atoms with Gasteiger partial charge < -0.3 is 10.1 Å². The molecule has 8 heteroatoms. The van der Waals surface area contributed by atoms with Gasteiger partial charge in [-0.15, -0.1) is 0 Å². The van der Waals surface area contributed by atoms with Crippen molar-refractivity contribution >= 4 is 21.6 Å². The van der Waals surface area contributed by atoms with Crippen molar-refractivity contribution < 1.29 is 22.3 Å². The molecule has 0 heterocycles. The van der Waals surface area contributed by atoms with Crippen LogP contribution in [0.15, 0.2) is 53.4 Å². The molecule has 2 aromatic carbocycles. The molecule has 0 saturated heterocycles. The van der Waals surface area contributed by atoms with Gasteiger partial charge in [-0.2, -0.15) is 0 Å². The summed E-state index contributed by atoms with van der Waals surface area (Å²) in [5.74, 6) is -0.937. The van der Waals surface area contributed by atoms with Crippen LogP contribution in [0, 0.1) is 12.7 Å². The molecule has 0 atom stereocenters. The van der Waals surface area contributed by atoms with Crippen molar-refractivity contribution in [1.82, 2.24) is 5.32 Å². The van der Waals surface area contributed by atoms with E-state index in [2.05, 4.69) is 5.32 Å². The van der Waals surface area contributed by atoms with Crippen molar-refractivity contribution in [2.75, 3.05) is 24.0 Å². The SMILES string of the molecule is Cc1ccc(N(CC(=O)NCCCOC2CCCCC2)S(=O)(=O)c2ccc(F)cc2)cc1. The first-order chi connectivity index (χ1) is 15.4. The molecule has 32 heavy (non-hydrogen) atoms. The summed E-state index contributed by atoms with van der Waals surface area (Å²) in [7, 11) is -4.05. The minimum Gasteiger partial charge on any atom is -0.378 e. The maximum Gasteiger partial charge on any atom is 0.264 e. The first-order valence-corrected chi connectivity index (χ1v) is 12.5. The number of nitrogens with zero attached hydrogens (tertiary/aromatic N) is 1. The number of nitrogens with one attached hydrogen (secondary N) is 1. The van der Waals surface area contributed by atoms with Crippen molar-refractivity contribution in [3.05, 3.63) is 59.9 Å². The predicted octanol–water partition coefficient (Wildman–Crippen LogP) is 4.19. The van der Waals surface area contributed by atoms with Crippen molar-refractivity contribution in [2.24, 2.45) is 0 Å². The Bertz CT molecular complexity index is 972. The first-order valence-electron chi connectivity index (χ1n) is 11.1. The molecule has 2 aromatic rings. The Balaban J connectivity index is 1.61. The lowest BCUT2D eigenvalue weighted by Crippen LogP contribution is -2.41. The van der Waals surface area contributed by atoms with E-state index in [1.54, 1.807) is 24.3 Å². The highest BCUT2D eigenvalue weighted by molar-refractivity contribution is 7.92. The Labute approximate surface area is 189 Å². The molecule has 1 aliphatic carbocycles. The van der Waals surface area contributed by atoms with E-state index in [1.165, 1.54) is 31.4 Å². The number of carbonyl (C=O) groups is 1. The van der Waals surface area contributed by atoms with Crippen LogP contribution in [0.5, 0.6) is 0 Å². The minimum absolute atomic E-state index is 0.0758. The van der Waals surface area contributed by atoms with Crippen molar-refractivity contribution in [3.8, 4) is 0 Å². The summed E-state index contributed by atoms with van der Waals surface area (Å²) in [6.07, 6.45) is 6.86. The number of aryl methyl sites for hydroxylation is 1. The molecule has 0 bridgehead atoms. The number of hydrogen-bond donors (Lipinski definition) is 1. The number of amides is 1. The third kappa shape index (κ3) is 6.77. The topological polar surface area (TPSA) is 75.7 Å². The van der Waals surface area contributed by atoms with Crippen LogP contribution in [0.25, 0.3) is 0 Å². The molecule has 1 saturated carbocycles. The molecule has 0 spiro atoms. The van der Waals surface area contributed by atoms with Gasteiger partial charge >= 0.3 is 0 Å². The lowest BCUT2D eigenvalue weighted by atomic mass is 9.98. The summed E-state index contributed by atoms with van der Waals surface area (Å²) in [6.45, 7) is 2.50. The fourth-order valence-electron chi connectivity index (χ4n) is 3.73. The quantitative estimate of drug-likeness (QED) is 0.538. The minimum atomic E-state index is -4.05. The summed E-state index contributed by atoms with van der Waals surface area (Å²) in [4.78, 5) is 12.5. The number of anilines is 1. The third-order valence-electron chi connectivity index (χ3n) is 5.56. The lowest BCUT2D eigenvalue weighted by molar-refractivity contribution is -0.119. The number of ether oxygens (including phenoxy) is 1. The predicted molar refractivity (Wildman–Crippen MR) is 123 cm³/mol. The molecule has 0 radical (unpaired) electrons. The maximum absolute atomic E-state index is 13.3. The summed E-state index contributed by atoms with van der Waals surface area (Å²) >= 11 is 0. The molecule has 1 fully saturated rings. The molecule has 0 aromatic heterocycles. The molecular weight excluding hydrogens is 431 g/mol. The Kier molecular flexibility index (Phi) is 8.64. The van der Waals surface area contributed by atoms with Crippen molar-refractivity contribution in [2.45, 2.75) is 56.4 Å². The molecule has 1 aliphatic rings. The van der Waals surface area contributed by atoms with Crippen molar-refractivity contribution in [3.63, 3.8) is 0 Å². The third-order valence-corrected chi connectivity index (χ3v) is 7.35. The van der Waals surface area contributed by atoms with E-state index >= 15 is 0 Å². The van der Waals surface area contributed by atoms with Crippen molar-refractivity contribution in [1.29, 1.82) is 0 Å². The van der Waals surface area contributed by atoms with E-state index in [9.17, 15) is 17.6 Å². The summed E-state index contributed by atoms with van der Waals surface area (Å²) in [5.41, 5.74) is 1.34. The summed E-state index contributed by atoms with van der Waals surface area (Å²) in [6, 6.07) is 11.5. The molecule has 0 aliphatic heterocycles. The average molecular weight is 463 g/mol. The molecule has 0 unspecified atom stereocenters. The van der Waals surface area contributed by atoms with Gasteiger partial charge in [0.25, 0.3) is 10.0 Å². The van der Waals surface area contributed by atoms with E-state index in [-0.39, 0.29) is 11.4 Å².